The van der Waals surface area contributed by atoms with Gasteiger partial charge in [-0.05, 0) is 50.6 Å². The standard InChI is InChI=1S/C26H35FN4O2.C4H10/c1-6-29-24-17-22(33-15-14-28-5)16-23(27)26(24)19(4)30-20-10-12-21(13-11-20)31-25(32)9-7-8-18(2)3;1-3-4-2/h6,10-13,16-18,28,30H,4,7-9,14-15H2,1-3,5H3,(H,31,32);3-4H2,1-2H3. The molecule has 3 N–H and O–H groups in total. The molecule has 0 saturated heterocycles. The number of unbranched alkanes of at least 4 members (excludes halogenated alkanes) is 1. The highest BCUT2D eigenvalue weighted by atomic mass is 19.1. The van der Waals surface area contributed by atoms with E-state index < -0.39 is 5.82 Å². The molecular weight excluding hydrogens is 467 g/mol. The molecule has 2 aromatic rings. The molecule has 0 bridgehead atoms. The third-order valence-corrected chi connectivity index (χ3v) is 5.38. The van der Waals surface area contributed by atoms with Crippen molar-refractivity contribution in [1.82, 2.24) is 5.32 Å². The van der Waals surface area contributed by atoms with Crippen LogP contribution in [0.5, 0.6) is 5.75 Å². The number of anilines is 2. The Bertz CT molecular complexity index is 986. The van der Waals surface area contributed by atoms with Gasteiger partial charge in [-0.25, -0.2) is 4.39 Å². The Labute approximate surface area is 222 Å². The average molecular weight is 513 g/mol. The molecule has 0 aliphatic carbocycles. The summed E-state index contributed by atoms with van der Waals surface area (Å²) in [4.78, 5) is 16.4. The molecule has 0 aliphatic heterocycles. The van der Waals surface area contributed by atoms with E-state index in [1.807, 2.05) is 19.2 Å². The number of aliphatic imine (C=N–C) groups is 1. The number of amides is 1. The van der Waals surface area contributed by atoms with Gasteiger partial charge in [0, 0.05) is 48.4 Å². The molecule has 204 valence electrons. The Kier molecular flexibility index (Phi) is 15.6. The lowest BCUT2D eigenvalue weighted by Crippen LogP contribution is -2.16. The number of likely N-dealkylation sites (N-methyl/N-ethyl adjacent to an activating group) is 1. The summed E-state index contributed by atoms with van der Waals surface area (Å²) in [6, 6.07) is 10.3. The zero-order valence-corrected chi connectivity index (χ0v) is 23.4. The normalized spacial score (nSPS) is 10.7. The Morgan fingerprint density at radius 2 is 1.73 bits per heavy atom. The Morgan fingerprint density at radius 1 is 1.11 bits per heavy atom. The van der Waals surface area contributed by atoms with Crippen molar-refractivity contribution in [3.8, 4) is 5.75 Å². The maximum absolute atomic E-state index is 14.9. The van der Waals surface area contributed by atoms with Crippen LogP contribution in [0, 0.1) is 11.7 Å². The van der Waals surface area contributed by atoms with E-state index in [1.54, 1.807) is 31.3 Å². The van der Waals surface area contributed by atoms with Crippen LogP contribution in [0.2, 0.25) is 0 Å². The van der Waals surface area contributed by atoms with Crippen molar-refractivity contribution in [2.75, 3.05) is 30.8 Å². The summed E-state index contributed by atoms with van der Waals surface area (Å²) in [6.45, 7) is 15.5. The highest BCUT2D eigenvalue weighted by Gasteiger charge is 2.15. The molecule has 7 heteroatoms. The van der Waals surface area contributed by atoms with Gasteiger partial charge in [0.15, 0.2) is 0 Å². The topological polar surface area (TPSA) is 74.8 Å². The van der Waals surface area contributed by atoms with Gasteiger partial charge in [-0.1, -0.05) is 53.5 Å². The average Bonchev–Trinajstić information content (AvgIpc) is 2.85. The molecule has 2 rings (SSSR count). The first-order valence-electron chi connectivity index (χ1n) is 13.2. The number of ether oxygens (including phenoxy) is 1. The Morgan fingerprint density at radius 3 is 2.27 bits per heavy atom. The van der Waals surface area contributed by atoms with Crippen molar-refractivity contribution in [2.24, 2.45) is 10.9 Å². The van der Waals surface area contributed by atoms with Crippen LogP contribution >= 0.6 is 0 Å². The number of nitrogens with zero attached hydrogens (tertiary/aromatic N) is 1. The van der Waals surface area contributed by atoms with E-state index in [1.165, 1.54) is 18.9 Å². The molecule has 37 heavy (non-hydrogen) atoms. The molecule has 0 spiro atoms. The Hall–Kier alpha value is -3.19. The molecule has 0 radical (unpaired) electrons. The van der Waals surface area contributed by atoms with Gasteiger partial charge in [-0.3, -0.25) is 9.79 Å². The number of hydrogen-bond acceptors (Lipinski definition) is 5. The van der Waals surface area contributed by atoms with Gasteiger partial charge in [-0.2, -0.15) is 0 Å². The first-order chi connectivity index (χ1) is 17.7. The van der Waals surface area contributed by atoms with Gasteiger partial charge in [0.05, 0.1) is 11.3 Å². The minimum atomic E-state index is -0.472. The third kappa shape index (κ3) is 12.6. The predicted octanol–water partition coefficient (Wildman–Crippen LogP) is 7.80. The fraction of sp³-hybridized carbons (Fsp3) is 0.467. The molecular formula is C30H45FN4O2. The van der Waals surface area contributed by atoms with Crippen molar-refractivity contribution < 1.29 is 13.9 Å². The van der Waals surface area contributed by atoms with E-state index in [4.69, 9.17) is 4.74 Å². The molecule has 0 aliphatic rings. The van der Waals surface area contributed by atoms with Crippen molar-refractivity contribution >= 4 is 34.9 Å². The molecule has 0 aromatic heterocycles. The molecule has 0 heterocycles. The summed E-state index contributed by atoms with van der Waals surface area (Å²) in [5, 5.41) is 9.01. The number of benzene rings is 2. The molecule has 0 atom stereocenters. The third-order valence-electron chi connectivity index (χ3n) is 5.38. The number of halogens is 1. The second-order valence-electron chi connectivity index (χ2n) is 9.15. The van der Waals surface area contributed by atoms with Crippen LogP contribution in [0.1, 0.15) is 72.3 Å². The lowest BCUT2D eigenvalue weighted by Gasteiger charge is -2.15. The summed E-state index contributed by atoms with van der Waals surface area (Å²) in [5.41, 5.74) is 2.51. The van der Waals surface area contributed by atoms with Crippen molar-refractivity contribution in [2.45, 2.75) is 66.7 Å². The van der Waals surface area contributed by atoms with Crippen LogP contribution in [0.25, 0.3) is 5.70 Å². The highest BCUT2D eigenvalue weighted by molar-refractivity contribution is 5.91. The maximum atomic E-state index is 14.9. The summed E-state index contributed by atoms with van der Waals surface area (Å²) in [5.74, 6) is 0.530. The zero-order valence-electron chi connectivity index (χ0n) is 23.4. The van der Waals surface area contributed by atoms with Crippen LogP contribution in [0.15, 0.2) is 48.0 Å². The second-order valence-corrected chi connectivity index (χ2v) is 9.15. The summed E-state index contributed by atoms with van der Waals surface area (Å²) in [6.07, 6.45) is 6.64. The van der Waals surface area contributed by atoms with Gasteiger partial charge < -0.3 is 20.7 Å². The molecule has 0 fully saturated rings. The molecule has 0 saturated carbocycles. The van der Waals surface area contributed by atoms with Crippen LogP contribution < -0.4 is 20.7 Å². The van der Waals surface area contributed by atoms with Gasteiger partial charge >= 0.3 is 0 Å². The number of carbonyl (C=O) groups excluding carboxylic acids is 1. The largest absolute Gasteiger partial charge is 0.492 e. The Balaban J connectivity index is 0.00000159. The van der Waals surface area contributed by atoms with E-state index >= 15 is 0 Å². The van der Waals surface area contributed by atoms with E-state index in [0.717, 1.165) is 18.5 Å². The smallest absolute Gasteiger partial charge is 0.224 e. The zero-order chi connectivity index (χ0) is 27.6. The van der Waals surface area contributed by atoms with Crippen LogP contribution in [-0.2, 0) is 4.79 Å². The molecule has 2 aromatic carbocycles. The first-order valence-corrected chi connectivity index (χ1v) is 13.2. The maximum Gasteiger partial charge on any atom is 0.224 e. The summed E-state index contributed by atoms with van der Waals surface area (Å²) < 4.78 is 20.5. The molecule has 6 nitrogen and oxygen atoms in total. The van der Waals surface area contributed by atoms with Crippen LogP contribution in [0.3, 0.4) is 0 Å². The predicted molar refractivity (Wildman–Crippen MR) is 157 cm³/mol. The number of rotatable bonds is 14. The SMILES string of the molecule is C=C(Nc1ccc(NC(=O)CCCC(C)C)cc1)c1c(F)cc(OCCNC)cc1N=CC.CCCC. The summed E-state index contributed by atoms with van der Waals surface area (Å²) >= 11 is 0. The number of hydrogen-bond donors (Lipinski definition) is 3. The first kappa shape index (κ1) is 31.8. The van der Waals surface area contributed by atoms with Crippen LogP contribution in [-0.4, -0.2) is 32.3 Å². The lowest BCUT2D eigenvalue weighted by atomic mass is 10.1. The van der Waals surface area contributed by atoms with Gasteiger partial charge in [-0.15, -0.1) is 0 Å². The van der Waals surface area contributed by atoms with Crippen LogP contribution in [0.4, 0.5) is 21.5 Å². The molecule has 1 amide bonds. The van der Waals surface area contributed by atoms with E-state index in [2.05, 4.69) is 55.2 Å². The highest BCUT2D eigenvalue weighted by Crippen LogP contribution is 2.33. The quantitative estimate of drug-likeness (QED) is 0.178. The van der Waals surface area contributed by atoms with E-state index in [-0.39, 0.29) is 11.5 Å². The van der Waals surface area contributed by atoms with Gasteiger partial charge in [0.25, 0.3) is 0 Å². The number of nitrogens with one attached hydrogen (secondary N) is 3. The number of carbonyl (C=O) groups is 1. The van der Waals surface area contributed by atoms with Gasteiger partial charge in [0.1, 0.15) is 18.2 Å². The van der Waals surface area contributed by atoms with E-state index in [0.29, 0.717) is 48.3 Å². The summed E-state index contributed by atoms with van der Waals surface area (Å²) in [7, 11) is 1.82. The van der Waals surface area contributed by atoms with E-state index in [9.17, 15) is 9.18 Å². The van der Waals surface area contributed by atoms with Crippen molar-refractivity contribution in [3.63, 3.8) is 0 Å². The van der Waals surface area contributed by atoms with Gasteiger partial charge in [0.2, 0.25) is 5.91 Å². The fourth-order valence-corrected chi connectivity index (χ4v) is 3.23. The van der Waals surface area contributed by atoms with Crippen molar-refractivity contribution in [3.05, 3.63) is 54.4 Å². The fourth-order valence-electron chi connectivity index (χ4n) is 3.23. The second kappa shape index (κ2) is 18.1. The minimum Gasteiger partial charge on any atom is -0.492 e. The minimum absolute atomic E-state index is 0.00179. The lowest BCUT2D eigenvalue weighted by molar-refractivity contribution is -0.116. The monoisotopic (exact) mass is 512 g/mol. The molecule has 0 unspecified atom stereocenters. The van der Waals surface area contributed by atoms with Crippen molar-refractivity contribution in [1.29, 1.82) is 0 Å².